The number of hydrogen-bond donors (Lipinski definition) is 3. The largest absolute Gasteiger partial charge is 0.477 e. The standard InChI is InChI=1S/C20H22IN5OS.C15H19N3O2S.C5H5IN2/c1-14-9-17(19(27)23-15-5-6-18(21)22-10-15)26(11-14)12-16-13-28-20(24-16)25-7-3-2-4-8-25;1-11-7-13(14(19)20)18(8-11)9-12-10-21-15(16-12)17-5-3-2-4-6-17;6-5-2-1-4(7)3-8-5/h5-6,9-11,13H,2-4,7-8,12H2,1H3,(H,23,27);7-8,10H,2-6,9H2,1H3,(H,19,20);1-3H,7H2. The number of aryl methyl sites for hydroxylation is 2. The van der Waals surface area contributed by atoms with E-state index in [9.17, 15) is 14.7 Å². The van der Waals surface area contributed by atoms with E-state index in [4.69, 9.17) is 10.7 Å². The zero-order valence-corrected chi connectivity index (χ0v) is 37.9. The van der Waals surface area contributed by atoms with Crippen molar-refractivity contribution in [2.75, 3.05) is 47.0 Å². The first-order chi connectivity index (χ1) is 27.5. The quantitative estimate of drug-likeness (QED) is 0.0944. The van der Waals surface area contributed by atoms with Crippen molar-refractivity contribution in [3.63, 3.8) is 0 Å². The molecule has 0 radical (unpaired) electrons. The monoisotopic (exact) mass is 1030 g/mol. The highest BCUT2D eigenvalue weighted by atomic mass is 127. The van der Waals surface area contributed by atoms with Crippen molar-refractivity contribution in [2.45, 2.75) is 65.5 Å². The SMILES string of the molecule is Cc1cc(C(=O)Nc2ccc(I)nc2)n(Cc2csc(N3CCCCC3)n2)c1.Cc1cc(C(=O)O)n(Cc2csc(N3CCCCC3)n2)c1.Nc1ccc(I)nc1. The number of nitrogens with zero attached hydrogens (tertiary/aromatic N) is 8. The van der Waals surface area contributed by atoms with Gasteiger partial charge in [-0.3, -0.25) is 4.79 Å². The number of carbonyl (C=O) groups is 2. The molecule has 13 nitrogen and oxygen atoms in total. The van der Waals surface area contributed by atoms with Gasteiger partial charge in [0, 0.05) is 49.3 Å². The molecule has 0 spiro atoms. The summed E-state index contributed by atoms with van der Waals surface area (Å²) in [6, 6.07) is 11.0. The van der Waals surface area contributed by atoms with Crippen LogP contribution in [0.2, 0.25) is 0 Å². The molecule has 57 heavy (non-hydrogen) atoms. The second-order valence-corrected chi connectivity index (χ2v) is 17.8. The van der Waals surface area contributed by atoms with E-state index in [1.165, 1.54) is 38.5 Å². The molecule has 0 aliphatic carbocycles. The van der Waals surface area contributed by atoms with Crippen LogP contribution in [0.1, 0.15) is 82.0 Å². The van der Waals surface area contributed by atoms with Crippen molar-refractivity contribution >= 4 is 101 Å². The molecule has 8 heterocycles. The summed E-state index contributed by atoms with van der Waals surface area (Å²) in [6.07, 6.45) is 14.7. The number of aromatic carboxylic acids is 1. The highest BCUT2D eigenvalue weighted by Crippen LogP contribution is 2.26. The fraction of sp³-hybridized carbons (Fsp3) is 0.350. The van der Waals surface area contributed by atoms with Crippen molar-refractivity contribution in [1.82, 2.24) is 29.1 Å². The summed E-state index contributed by atoms with van der Waals surface area (Å²) in [5.74, 6) is -1.03. The average Bonchev–Trinajstić information content (AvgIpc) is 4.03. The Bertz CT molecular complexity index is 2200. The third kappa shape index (κ3) is 12.5. The minimum absolute atomic E-state index is 0.136. The lowest BCUT2D eigenvalue weighted by Gasteiger charge is -2.25. The number of halogens is 2. The van der Waals surface area contributed by atoms with E-state index in [1.54, 1.807) is 45.7 Å². The van der Waals surface area contributed by atoms with Crippen LogP contribution in [0.25, 0.3) is 0 Å². The third-order valence-electron chi connectivity index (χ3n) is 9.25. The van der Waals surface area contributed by atoms with Gasteiger partial charge in [0.15, 0.2) is 10.3 Å². The van der Waals surface area contributed by atoms with Gasteiger partial charge in [-0.25, -0.2) is 24.7 Å². The van der Waals surface area contributed by atoms with Crippen molar-refractivity contribution < 1.29 is 14.7 Å². The number of pyridine rings is 2. The zero-order chi connectivity index (χ0) is 40.3. The van der Waals surface area contributed by atoms with Gasteiger partial charge in [-0.1, -0.05) is 0 Å². The topological polar surface area (TPSA) is 160 Å². The van der Waals surface area contributed by atoms with E-state index < -0.39 is 5.97 Å². The second-order valence-electron chi connectivity index (χ2n) is 13.9. The maximum Gasteiger partial charge on any atom is 0.352 e. The molecule has 0 aromatic carbocycles. The Morgan fingerprint density at radius 3 is 1.68 bits per heavy atom. The van der Waals surface area contributed by atoms with E-state index in [-0.39, 0.29) is 5.91 Å². The summed E-state index contributed by atoms with van der Waals surface area (Å²) in [5, 5.41) is 18.4. The van der Waals surface area contributed by atoms with Gasteiger partial charge in [0.25, 0.3) is 5.91 Å². The smallest absolute Gasteiger partial charge is 0.352 e. The number of aromatic nitrogens is 6. The number of carbonyl (C=O) groups excluding carboxylic acids is 1. The average molecular weight is 1030 g/mol. The number of carboxylic acids is 1. The molecule has 0 unspecified atom stereocenters. The van der Waals surface area contributed by atoms with Gasteiger partial charge in [0.2, 0.25) is 0 Å². The summed E-state index contributed by atoms with van der Waals surface area (Å²) in [4.78, 5) is 46.4. The van der Waals surface area contributed by atoms with E-state index >= 15 is 0 Å². The Kier molecular flexibility index (Phi) is 15.3. The molecule has 6 aromatic rings. The normalized spacial score (nSPS) is 14.0. The number of hydrogen-bond acceptors (Lipinski definition) is 11. The first kappa shape index (κ1) is 42.5. The Hall–Kier alpha value is -4.08. The number of rotatable bonds is 9. The summed E-state index contributed by atoms with van der Waals surface area (Å²) < 4.78 is 5.59. The molecule has 0 atom stereocenters. The zero-order valence-electron chi connectivity index (χ0n) is 31.9. The number of nitrogen functional groups attached to an aromatic ring is 1. The molecular formula is C40H46I2N10O3S2. The van der Waals surface area contributed by atoms with Gasteiger partial charge in [0.1, 0.15) is 18.8 Å². The van der Waals surface area contributed by atoms with Gasteiger partial charge in [-0.2, -0.15) is 0 Å². The molecular weight excluding hydrogens is 986 g/mol. The van der Waals surface area contributed by atoms with Crippen molar-refractivity contribution in [3.05, 3.63) is 113 Å². The molecule has 0 saturated carbocycles. The van der Waals surface area contributed by atoms with Gasteiger partial charge in [0.05, 0.1) is 48.2 Å². The molecule has 4 N–H and O–H groups in total. The van der Waals surface area contributed by atoms with Crippen LogP contribution >= 0.6 is 67.9 Å². The van der Waals surface area contributed by atoms with E-state index in [2.05, 4.69) is 80.6 Å². The number of piperidine rings is 2. The molecule has 2 aliphatic rings. The van der Waals surface area contributed by atoms with Crippen LogP contribution in [-0.2, 0) is 13.1 Å². The first-order valence-corrected chi connectivity index (χ1v) is 22.7. The predicted molar refractivity (Wildman–Crippen MR) is 246 cm³/mol. The van der Waals surface area contributed by atoms with E-state index in [1.807, 2.05) is 66.5 Å². The Morgan fingerprint density at radius 2 is 1.23 bits per heavy atom. The molecule has 2 fully saturated rings. The number of nitrogens with two attached hydrogens (primary N) is 1. The van der Waals surface area contributed by atoms with E-state index in [0.717, 1.165) is 66.4 Å². The molecule has 2 aliphatic heterocycles. The third-order valence-corrected chi connectivity index (χ3v) is 12.4. The lowest BCUT2D eigenvalue weighted by atomic mass is 10.1. The molecule has 300 valence electrons. The van der Waals surface area contributed by atoms with Crippen LogP contribution in [0, 0.1) is 21.2 Å². The summed E-state index contributed by atoms with van der Waals surface area (Å²) in [7, 11) is 0. The highest BCUT2D eigenvalue weighted by molar-refractivity contribution is 14.1. The summed E-state index contributed by atoms with van der Waals surface area (Å²) >= 11 is 7.62. The molecule has 1 amide bonds. The number of carboxylic acid groups (broad SMARTS) is 1. The minimum Gasteiger partial charge on any atom is -0.477 e. The maximum atomic E-state index is 12.8. The number of anilines is 4. The van der Waals surface area contributed by atoms with Crippen LogP contribution < -0.4 is 20.9 Å². The van der Waals surface area contributed by atoms with Crippen molar-refractivity contribution in [3.8, 4) is 0 Å². The van der Waals surface area contributed by atoms with Crippen LogP contribution in [0.15, 0.2) is 71.9 Å². The molecule has 6 aromatic heterocycles. The number of amides is 1. The Balaban J connectivity index is 0.000000166. The fourth-order valence-corrected chi connectivity index (χ4v) is 8.90. The lowest BCUT2D eigenvalue weighted by molar-refractivity contribution is 0.0685. The molecule has 0 bridgehead atoms. The summed E-state index contributed by atoms with van der Waals surface area (Å²) in [5.41, 5.74) is 11.6. The summed E-state index contributed by atoms with van der Waals surface area (Å²) in [6.45, 7) is 9.35. The Morgan fingerprint density at radius 1 is 0.737 bits per heavy atom. The predicted octanol–water partition coefficient (Wildman–Crippen LogP) is 8.80. The first-order valence-electron chi connectivity index (χ1n) is 18.8. The maximum absolute atomic E-state index is 12.8. The van der Waals surface area contributed by atoms with Gasteiger partial charge in [-0.15, -0.1) is 22.7 Å². The van der Waals surface area contributed by atoms with E-state index in [0.29, 0.717) is 35.9 Å². The van der Waals surface area contributed by atoms with Crippen LogP contribution in [0.4, 0.5) is 21.6 Å². The van der Waals surface area contributed by atoms with Crippen LogP contribution in [0.5, 0.6) is 0 Å². The van der Waals surface area contributed by atoms with Crippen molar-refractivity contribution in [1.29, 1.82) is 0 Å². The van der Waals surface area contributed by atoms with Gasteiger partial charge >= 0.3 is 5.97 Å². The number of nitrogens with one attached hydrogen (secondary N) is 1. The van der Waals surface area contributed by atoms with Gasteiger partial charge in [-0.05, 0) is 145 Å². The number of thiazole rings is 2. The van der Waals surface area contributed by atoms with Crippen LogP contribution in [0.3, 0.4) is 0 Å². The minimum atomic E-state index is -0.894. The fourth-order valence-electron chi connectivity index (χ4n) is 6.52. The molecule has 8 rings (SSSR count). The van der Waals surface area contributed by atoms with Crippen molar-refractivity contribution in [2.24, 2.45) is 0 Å². The highest BCUT2D eigenvalue weighted by Gasteiger charge is 2.19. The molecule has 2 saturated heterocycles. The molecule has 17 heteroatoms. The lowest BCUT2D eigenvalue weighted by Crippen LogP contribution is -2.29. The van der Waals surface area contributed by atoms with Crippen LogP contribution in [-0.4, -0.2) is 72.2 Å². The van der Waals surface area contributed by atoms with Gasteiger partial charge < -0.3 is 35.1 Å². The Labute approximate surface area is 368 Å². The second kappa shape index (κ2) is 20.6.